The lowest BCUT2D eigenvalue weighted by atomic mass is 10.1. The minimum absolute atomic E-state index is 0. The van der Waals surface area contributed by atoms with Gasteiger partial charge in [-0.05, 0) is 31.2 Å². The summed E-state index contributed by atoms with van der Waals surface area (Å²) in [6.07, 6.45) is 0.963. The molecule has 0 aliphatic rings. The molecule has 2 aromatic rings. The fourth-order valence-corrected chi connectivity index (χ4v) is 2.46. The molecule has 0 saturated carbocycles. The van der Waals surface area contributed by atoms with Crippen molar-refractivity contribution in [1.82, 2.24) is 20.4 Å². The molecular weight excluding hydrogens is 461 g/mol. The lowest BCUT2D eigenvalue weighted by Crippen LogP contribution is -2.39. The van der Waals surface area contributed by atoms with Gasteiger partial charge in [-0.25, -0.2) is 4.99 Å². The molecule has 9 heteroatoms. The maximum Gasteiger partial charge on any atom is 0.191 e. The molecule has 1 aromatic heterocycles. The Morgan fingerprint density at radius 3 is 2.63 bits per heavy atom. The second-order valence-corrected chi connectivity index (χ2v) is 5.65. The summed E-state index contributed by atoms with van der Waals surface area (Å²) in [5.41, 5.74) is 1.65. The number of rotatable bonds is 8. The minimum Gasteiger partial charge on any atom is -0.497 e. The lowest BCUT2D eigenvalue weighted by molar-refractivity contribution is 0.176. The number of aliphatic hydroxyl groups excluding tert-OH is 1. The molecule has 0 aliphatic carbocycles. The van der Waals surface area contributed by atoms with Crippen LogP contribution in [0.4, 0.5) is 0 Å². The predicted molar refractivity (Wildman–Crippen MR) is 116 cm³/mol. The fourth-order valence-electron chi connectivity index (χ4n) is 2.46. The first-order chi connectivity index (χ1) is 12.6. The van der Waals surface area contributed by atoms with Crippen molar-refractivity contribution >= 4 is 29.9 Å². The topological polar surface area (TPSA) is 92.9 Å². The highest BCUT2D eigenvalue weighted by atomic mass is 127. The second kappa shape index (κ2) is 11.7. The van der Waals surface area contributed by atoms with Crippen LogP contribution in [0.5, 0.6) is 11.5 Å². The highest BCUT2D eigenvalue weighted by Gasteiger charge is 2.15. The summed E-state index contributed by atoms with van der Waals surface area (Å²) in [4.78, 5) is 4.53. The average molecular weight is 489 g/mol. The zero-order valence-electron chi connectivity index (χ0n) is 16.1. The van der Waals surface area contributed by atoms with Gasteiger partial charge in [0.05, 0.1) is 32.6 Å². The van der Waals surface area contributed by atoms with Crippen molar-refractivity contribution in [2.45, 2.75) is 19.6 Å². The van der Waals surface area contributed by atoms with Gasteiger partial charge in [0.25, 0.3) is 0 Å². The second-order valence-electron chi connectivity index (χ2n) is 5.65. The molecule has 0 radical (unpaired) electrons. The fraction of sp³-hybridized carbons (Fsp3) is 0.444. The Bertz CT molecular complexity index is 736. The van der Waals surface area contributed by atoms with E-state index in [-0.39, 0.29) is 30.5 Å². The molecule has 1 atom stereocenters. The number of aryl methyl sites for hydroxylation is 1. The van der Waals surface area contributed by atoms with Crippen molar-refractivity contribution in [2.75, 3.05) is 27.3 Å². The van der Waals surface area contributed by atoms with E-state index in [1.807, 2.05) is 20.0 Å². The molecule has 150 valence electrons. The van der Waals surface area contributed by atoms with Crippen LogP contribution in [0.15, 0.2) is 35.5 Å². The van der Waals surface area contributed by atoms with Crippen molar-refractivity contribution in [3.05, 3.63) is 41.7 Å². The molecule has 1 aromatic carbocycles. The maximum absolute atomic E-state index is 10.6. The molecule has 0 saturated heterocycles. The third-order valence-corrected chi connectivity index (χ3v) is 3.92. The van der Waals surface area contributed by atoms with Crippen LogP contribution in [0.3, 0.4) is 0 Å². The third kappa shape index (κ3) is 6.58. The van der Waals surface area contributed by atoms with Crippen LogP contribution in [-0.4, -0.2) is 48.2 Å². The molecule has 0 fully saturated rings. The van der Waals surface area contributed by atoms with Gasteiger partial charge in [0.2, 0.25) is 0 Å². The van der Waals surface area contributed by atoms with Gasteiger partial charge in [-0.2, -0.15) is 5.10 Å². The summed E-state index contributed by atoms with van der Waals surface area (Å²) in [6, 6.07) is 7.26. The van der Waals surface area contributed by atoms with Gasteiger partial charge in [-0.1, -0.05) is 0 Å². The van der Waals surface area contributed by atoms with Crippen LogP contribution in [0.2, 0.25) is 0 Å². The number of hydrogen-bond acceptors (Lipinski definition) is 5. The van der Waals surface area contributed by atoms with Gasteiger partial charge in [0, 0.05) is 31.9 Å². The maximum atomic E-state index is 10.6. The Morgan fingerprint density at radius 1 is 1.26 bits per heavy atom. The van der Waals surface area contributed by atoms with Crippen molar-refractivity contribution < 1.29 is 14.6 Å². The SMILES string of the molecule is CCNC(=NCc1ccnn1C)NCC(O)c1cc(OC)ccc1OC.I. The number of aliphatic hydroxyl groups is 1. The van der Waals surface area contributed by atoms with Crippen molar-refractivity contribution in [3.63, 3.8) is 0 Å². The van der Waals surface area contributed by atoms with Crippen LogP contribution in [0.1, 0.15) is 24.3 Å². The highest BCUT2D eigenvalue weighted by molar-refractivity contribution is 14.0. The monoisotopic (exact) mass is 489 g/mol. The number of nitrogens with one attached hydrogen (secondary N) is 2. The van der Waals surface area contributed by atoms with Gasteiger partial charge < -0.3 is 25.2 Å². The molecule has 27 heavy (non-hydrogen) atoms. The number of aliphatic imine (C=N–C) groups is 1. The molecule has 0 bridgehead atoms. The van der Waals surface area contributed by atoms with Crippen molar-refractivity contribution in [3.8, 4) is 11.5 Å². The predicted octanol–water partition coefficient (Wildman–Crippen LogP) is 1.84. The summed E-state index contributed by atoms with van der Waals surface area (Å²) in [6.45, 7) is 3.48. The van der Waals surface area contributed by atoms with E-state index in [0.29, 0.717) is 29.6 Å². The zero-order valence-corrected chi connectivity index (χ0v) is 18.4. The Labute approximate surface area is 177 Å². The number of aromatic nitrogens is 2. The number of benzene rings is 1. The molecule has 0 amide bonds. The number of guanidine groups is 1. The molecule has 0 aliphatic heterocycles. The Balaban J connectivity index is 0.00000364. The molecule has 8 nitrogen and oxygen atoms in total. The first-order valence-electron chi connectivity index (χ1n) is 8.48. The third-order valence-electron chi connectivity index (χ3n) is 3.92. The van der Waals surface area contributed by atoms with E-state index in [2.05, 4.69) is 20.7 Å². The van der Waals surface area contributed by atoms with E-state index >= 15 is 0 Å². The molecule has 1 heterocycles. The summed E-state index contributed by atoms with van der Waals surface area (Å²) in [7, 11) is 5.04. The molecular formula is C18H28IN5O3. The summed E-state index contributed by atoms with van der Waals surface area (Å²) < 4.78 is 12.3. The highest BCUT2D eigenvalue weighted by Crippen LogP contribution is 2.29. The Morgan fingerprint density at radius 2 is 2.04 bits per heavy atom. The van der Waals surface area contributed by atoms with Crippen LogP contribution in [0, 0.1) is 0 Å². The van der Waals surface area contributed by atoms with Gasteiger partial charge in [0.15, 0.2) is 5.96 Å². The largest absolute Gasteiger partial charge is 0.497 e. The number of hydrogen-bond donors (Lipinski definition) is 3. The van der Waals surface area contributed by atoms with Crippen LogP contribution in [0.25, 0.3) is 0 Å². The minimum atomic E-state index is -0.777. The van der Waals surface area contributed by atoms with Crippen molar-refractivity contribution in [2.24, 2.45) is 12.0 Å². The smallest absolute Gasteiger partial charge is 0.191 e. The van der Waals surface area contributed by atoms with E-state index in [0.717, 1.165) is 12.2 Å². The lowest BCUT2D eigenvalue weighted by Gasteiger charge is -2.18. The van der Waals surface area contributed by atoms with E-state index in [9.17, 15) is 5.11 Å². The summed E-state index contributed by atoms with van der Waals surface area (Å²) in [5.74, 6) is 1.89. The number of ether oxygens (including phenoxy) is 2. The molecule has 1 unspecified atom stereocenters. The van der Waals surface area contributed by atoms with Gasteiger partial charge >= 0.3 is 0 Å². The summed E-state index contributed by atoms with van der Waals surface area (Å²) >= 11 is 0. The molecule has 2 rings (SSSR count). The van der Waals surface area contributed by atoms with Gasteiger partial charge in [0.1, 0.15) is 11.5 Å². The van der Waals surface area contributed by atoms with Gasteiger partial charge in [-0.15, -0.1) is 24.0 Å². The average Bonchev–Trinajstić information content (AvgIpc) is 3.08. The quantitative estimate of drug-likeness (QED) is 0.298. The molecule has 3 N–H and O–H groups in total. The van der Waals surface area contributed by atoms with E-state index in [4.69, 9.17) is 9.47 Å². The van der Waals surface area contributed by atoms with Gasteiger partial charge in [-0.3, -0.25) is 4.68 Å². The van der Waals surface area contributed by atoms with Crippen LogP contribution < -0.4 is 20.1 Å². The van der Waals surface area contributed by atoms with Crippen LogP contribution >= 0.6 is 24.0 Å². The Kier molecular flexibility index (Phi) is 9.94. The number of methoxy groups -OCH3 is 2. The first-order valence-corrected chi connectivity index (χ1v) is 8.48. The summed E-state index contributed by atoms with van der Waals surface area (Å²) in [5, 5.41) is 21.0. The van der Waals surface area contributed by atoms with Crippen molar-refractivity contribution in [1.29, 1.82) is 0 Å². The van der Waals surface area contributed by atoms with E-state index in [1.165, 1.54) is 0 Å². The Hall–Kier alpha value is -2.01. The normalized spacial score (nSPS) is 12.1. The first kappa shape index (κ1) is 23.0. The number of nitrogens with zero attached hydrogens (tertiary/aromatic N) is 3. The number of halogens is 1. The molecule has 0 spiro atoms. The van der Waals surface area contributed by atoms with E-state index < -0.39 is 6.10 Å². The zero-order chi connectivity index (χ0) is 18.9. The standard InChI is InChI=1S/C18H27N5O3.HI/c1-5-19-18(20-11-13-8-9-22-23(13)2)21-12-16(24)15-10-14(25-3)6-7-17(15)26-4;/h6-10,16,24H,5,11-12H2,1-4H3,(H2,19,20,21);1H. The van der Waals surface area contributed by atoms with E-state index in [1.54, 1.807) is 43.3 Å². The van der Waals surface area contributed by atoms with Crippen LogP contribution in [-0.2, 0) is 13.6 Å².